The van der Waals surface area contributed by atoms with Crippen LogP contribution in [0, 0.1) is 0 Å². The zero-order chi connectivity index (χ0) is 11.2. The Morgan fingerprint density at radius 2 is 2.00 bits per heavy atom. The van der Waals surface area contributed by atoms with Crippen molar-refractivity contribution in [2.24, 2.45) is 0 Å². The number of hydrogen-bond acceptors (Lipinski definition) is 2. The van der Waals surface area contributed by atoms with Crippen LogP contribution in [0.25, 0.3) is 0 Å². The molecule has 3 heteroatoms. The molecule has 1 aromatic carbocycles. The molecule has 0 bridgehead atoms. The molecule has 0 fully saturated rings. The molecule has 0 unspecified atom stereocenters. The summed E-state index contributed by atoms with van der Waals surface area (Å²) in [5.74, 6) is -0.0929. The predicted molar refractivity (Wildman–Crippen MR) is 61.2 cm³/mol. The molecule has 0 saturated carbocycles. The molecule has 2 rings (SSSR count). The standard InChI is InChI=1S/C13H13NO2/c15-13(12-7-9-16-10-12)14-8-6-11-4-2-1-3-5-11/h1-5,7,9-10H,6,8H2,(H,14,15). The number of carbonyl (C=O) groups is 1. The van der Waals surface area contributed by atoms with E-state index in [1.165, 1.54) is 18.1 Å². The highest BCUT2D eigenvalue weighted by Crippen LogP contribution is 2.01. The van der Waals surface area contributed by atoms with Crippen molar-refractivity contribution in [2.75, 3.05) is 6.54 Å². The summed E-state index contributed by atoms with van der Waals surface area (Å²) in [6.45, 7) is 0.633. The molecular weight excluding hydrogens is 202 g/mol. The minimum atomic E-state index is -0.0929. The minimum Gasteiger partial charge on any atom is -0.472 e. The number of rotatable bonds is 4. The van der Waals surface area contributed by atoms with Crippen LogP contribution in [0.15, 0.2) is 53.3 Å². The normalized spacial score (nSPS) is 10.0. The maximum absolute atomic E-state index is 11.5. The second-order valence-electron chi connectivity index (χ2n) is 3.50. The van der Waals surface area contributed by atoms with Gasteiger partial charge in [-0.05, 0) is 18.1 Å². The van der Waals surface area contributed by atoms with Crippen molar-refractivity contribution < 1.29 is 9.21 Å². The van der Waals surface area contributed by atoms with Crippen LogP contribution in [-0.2, 0) is 6.42 Å². The summed E-state index contributed by atoms with van der Waals surface area (Å²) < 4.78 is 4.84. The smallest absolute Gasteiger partial charge is 0.254 e. The quantitative estimate of drug-likeness (QED) is 0.850. The van der Waals surface area contributed by atoms with Crippen LogP contribution in [-0.4, -0.2) is 12.5 Å². The van der Waals surface area contributed by atoms with Crippen LogP contribution < -0.4 is 5.32 Å². The number of hydrogen-bond donors (Lipinski definition) is 1. The van der Waals surface area contributed by atoms with Crippen molar-refractivity contribution >= 4 is 5.91 Å². The van der Waals surface area contributed by atoms with E-state index in [0.717, 1.165) is 6.42 Å². The van der Waals surface area contributed by atoms with E-state index < -0.39 is 0 Å². The highest BCUT2D eigenvalue weighted by molar-refractivity contribution is 5.93. The van der Waals surface area contributed by atoms with Gasteiger partial charge in [0.15, 0.2) is 0 Å². The Morgan fingerprint density at radius 1 is 1.19 bits per heavy atom. The van der Waals surface area contributed by atoms with Gasteiger partial charge in [0.25, 0.3) is 5.91 Å². The van der Waals surface area contributed by atoms with E-state index >= 15 is 0 Å². The van der Waals surface area contributed by atoms with Gasteiger partial charge in [-0.1, -0.05) is 30.3 Å². The second-order valence-corrected chi connectivity index (χ2v) is 3.50. The molecular formula is C13H13NO2. The zero-order valence-corrected chi connectivity index (χ0v) is 8.85. The van der Waals surface area contributed by atoms with Gasteiger partial charge in [-0.15, -0.1) is 0 Å². The van der Waals surface area contributed by atoms with E-state index in [4.69, 9.17) is 4.42 Å². The maximum Gasteiger partial charge on any atom is 0.254 e. The van der Waals surface area contributed by atoms with Gasteiger partial charge >= 0.3 is 0 Å². The average Bonchev–Trinajstić information content (AvgIpc) is 2.84. The molecule has 0 aliphatic heterocycles. The van der Waals surface area contributed by atoms with Crippen molar-refractivity contribution in [3.05, 3.63) is 60.1 Å². The minimum absolute atomic E-state index is 0.0929. The van der Waals surface area contributed by atoms with Gasteiger partial charge in [0.2, 0.25) is 0 Å². The molecule has 1 heterocycles. The van der Waals surface area contributed by atoms with E-state index in [2.05, 4.69) is 5.32 Å². The van der Waals surface area contributed by atoms with E-state index in [1.807, 2.05) is 30.3 Å². The third kappa shape index (κ3) is 2.73. The lowest BCUT2D eigenvalue weighted by atomic mass is 10.1. The molecule has 3 nitrogen and oxygen atoms in total. The lowest BCUT2D eigenvalue weighted by Crippen LogP contribution is -2.25. The fourth-order valence-electron chi connectivity index (χ4n) is 1.46. The Balaban J connectivity index is 1.79. The third-order valence-electron chi connectivity index (χ3n) is 2.33. The summed E-state index contributed by atoms with van der Waals surface area (Å²) in [7, 11) is 0. The second kappa shape index (κ2) is 5.16. The largest absolute Gasteiger partial charge is 0.472 e. The number of furan rings is 1. The van der Waals surface area contributed by atoms with Gasteiger partial charge in [-0.25, -0.2) is 0 Å². The fraction of sp³-hybridized carbons (Fsp3) is 0.154. The van der Waals surface area contributed by atoms with Gasteiger partial charge in [-0.3, -0.25) is 4.79 Å². The Labute approximate surface area is 94.1 Å². The van der Waals surface area contributed by atoms with Gasteiger partial charge in [0, 0.05) is 6.54 Å². The topological polar surface area (TPSA) is 42.2 Å². The van der Waals surface area contributed by atoms with Crippen LogP contribution in [0.2, 0.25) is 0 Å². The van der Waals surface area contributed by atoms with Crippen LogP contribution in [0.3, 0.4) is 0 Å². The lowest BCUT2D eigenvalue weighted by Gasteiger charge is -2.03. The number of amides is 1. The first-order chi connectivity index (χ1) is 7.86. The number of nitrogens with one attached hydrogen (secondary N) is 1. The summed E-state index contributed by atoms with van der Waals surface area (Å²) in [5.41, 5.74) is 1.78. The molecule has 16 heavy (non-hydrogen) atoms. The predicted octanol–water partition coefficient (Wildman–Crippen LogP) is 2.25. The zero-order valence-electron chi connectivity index (χ0n) is 8.85. The van der Waals surface area contributed by atoms with Crippen molar-refractivity contribution in [1.29, 1.82) is 0 Å². The number of benzene rings is 1. The third-order valence-corrected chi connectivity index (χ3v) is 2.33. The van der Waals surface area contributed by atoms with Crippen LogP contribution in [0.5, 0.6) is 0 Å². The Kier molecular flexibility index (Phi) is 3.38. The van der Waals surface area contributed by atoms with Gasteiger partial charge in [0.1, 0.15) is 6.26 Å². The first-order valence-corrected chi connectivity index (χ1v) is 5.20. The van der Waals surface area contributed by atoms with Crippen molar-refractivity contribution in [2.45, 2.75) is 6.42 Å². The SMILES string of the molecule is O=C(NCCc1ccccc1)c1ccoc1. The molecule has 2 aromatic rings. The van der Waals surface area contributed by atoms with Gasteiger partial charge < -0.3 is 9.73 Å². The van der Waals surface area contributed by atoms with Crippen LogP contribution >= 0.6 is 0 Å². The monoisotopic (exact) mass is 215 g/mol. The summed E-state index contributed by atoms with van der Waals surface area (Å²) >= 11 is 0. The highest BCUT2D eigenvalue weighted by Gasteiger charge is 2.04. The Bertz CT molecular complexity index is 434. The Hall–Kier alpha value is -2.03. The van der Waals surface area contributed by atoms with Crippen molar-refractivity contribution in [3.8, 4) is 0 Å². The van der Waals surface area contributed by atoms with E-state index in [0.29, 0.717) is 12.1 Å². The molecule has 1 N–H and O–H groups in total. The van der Waals surface area contributed by atoms with E-state index in [9.17, 15) is 4.79 Å². The summed E-state index contributed by atoms with van der Waals surface area (Å²) in [4.78, 5) is 11.5. The van der Waals surface area contributed by atoms with Crippen LogP contribution in [0.1, 0.15) is 15.9 Å². The molecule has 1 amide bonds. The molecule has 0 aliphatic carbocycles. The first kappa shape index (κ1) is 10.5. The van der Waals surface area contributed by atoms with E-state index in [-0.39, 0.29) is 5.91 Å². The molecule has 0 aliphatic rings. The van der Waals surface area contributed by atoms with Crippen molar-refractivity contribution in [3.63, 3.8) is 0 Å². The van der Waals surface area contributed by atoms with E-state index in [1.54, 1.807) is 6.07 Å². The molecule has 1 aromatic heterocycles. The summed E-state index contributed by atoms with van der Waals surface area (Å²) in [5, 5.41) is 2.83. The molecule has 0 saturated heterocycles. The summed E-state index contributed by atoms with van der Waals surface area (Å²) in [6, 6.07) is 11.7. The first-order valence-electron chi connectivity index (χ1n) is 5.20. The molecule has 0 atom stereocenters. The van der Waals surface area contributed by atoms with Gasteiger partial charge in [0.05, 0.1) is 11.8 Å². The van der Waals surface area contributed by atoms with Crippen molar-refractivity contribution in [1.82, 2.24) is 5.32 Å². The summed E-state index contributed by atoms with van der Waals surface area (Å²) in [6.07, 6.45) is 3.77. The molecule has 0 radical (unpaired) electrons. The molecule has 82 valence electrons. The highest BCUT2D eigenvalue weighted by atomic mass is 16.3. The molecule has 0 spiro atoms. The fourth-order valence-corrected chi connectivity index (χ4v) is 1.46. The maximum atomic E-state index is 11.5. The number of carbonyl (C=O) groups excluding carboxylic acids is 1. The lowest BCUT2D eigenvalue weighted by molar-refractivity contribution is 0.0953. The van der Waals surface area contributed by atoms with Crippen LogP contribution in [0.4, 0.5) is 0 Å². The average molecular weight is 215 g/mol. The Morgan fingerprint density at radius 3 is 2.69 bits per heavy atom. The van der Waals surface area contributed by atoms with Gasteiger partial charge in [-0.2, -0.15) is 0 Å².